The summed E-state index contributed by atoms with van der Waals surface area (Å²) in [6.45, 7) is 2.03. The van der Waals surface area contributed by atoms with Crippen LogP contribution in [-0.2, 0) is 16.0 Å². The molecule has 1 fully saturated rings. The van der Waals surface area contributed by atoms with E-state index in [0.29, 0.717) is 38.5 Å². The van der Waals surface area contributed by atoms with E-state index in [2.05, 4.69) is 10.3 Å². The Bertz CT molecular complexity index is 980. The molecule has 0 aliphatic carbocycles. The van der Waals surface area contributed by atoms with E-state index >= 15 is 0 Å². The number of hydrogen-bond donors (Lipinski definition) is 2. The topological polar surface area (TPSA) is 83.7 Å². The average molecular weight is 393 g/mol. The first kappa shape index (κ1) is 19.0. The first-order valence-electron chi connectivity index (χ1n) is 9.65. The minimum atomic E-state index is -0.733. The summed E-state index contributed by atoms with van der Waals surface area (Å²) >= 11 is 0. The number of morpholine rings is 1. The summed E-state index contributed by atoms with van der Waals surface area (Å²) in [5.74, 6) is 0.290. The van der Waals surface area contributed by atoms with Crippen molar-refractivity contribution in [1.29, 1.82) is 0 Å². The maximum atomic E-state index is 13.1. The van der Waals surface area contributed by atoms with Crippen LogP contribution in [0.2, 0.25) is 0 Å². The lowest BCUT2D eigenvalue weighted by molar-refractivity contribution is -0.137. The molecule has 7 nitrogen and oxygen atoms in total. The molecule has 7 heteroatoms. The third-order valence-corrected chi connectivity index (χ3v) is 4.97. The SMILES string of the molecule is O=C(N[C@@H](Cc1c[nH]c2ccccc12)C(=O)N1CCOCC1)Oc1ccccc1. The van der Waals surface area contributed by atoms with Crippen molar-refractivity contribution < 1.29 is 19.1 Å². The molecular weight excluding hydrogens is 370 g/mol. The molecule has 0 unspecified atom stereocenters. The van der Waals surface area contributed by atoms with E-state index < -0.39 is 12.1 Å². The Morgan fingerprint density at radius 2 is 1.79 bits per heavy atom. The van der Waals surface area contributed by atoms with Gasteiger partial charge in [-0.25, -0.2) is 4.79 Å². The highest BCUT2D eigenvalue weighted by molar-refractivity contribution is 5.88. The van der Waals surface area contributed by atoms with Crippen LogP contribution in [0.4, 0.5) is 4.79 Å². The van der Waals surface area contributed by atoms with Crippen LogP contribution in [0.3, 0.4) is 0 Å². The number of ether oxygens (including phenoxy) is 2. The van der Waals surface area contributed by atoms with Gasteiger partial charge in [0.1, 0.15) is 11.8 Å². The smallest absolute Gasteiger partial charge is 0.410 e. The standard InChI is InChI=1S/C22H23N3O4/c26-21(25-10-12-28-13-11-25)20(24-22(27)29-17-6-2-1-3-7-17)14-16-15-23-19-9-5-4-8-18(16)19/h1-9,15,20,23H,10-14H2,(H,24,27)/t20-/m0/s1. The molecule has 1 saturated heterocycles. The van der Waals surface area contributed by atoms with Gasteiger partial charge < -0.3 is 24.7 Å². The molecule has 2 heterocycles. The van der Waals surface area contributed by atoms with Gasteiger partial charge in [-0.05, 0) is 23.8 Å². The summed E-state index contributed by atoms with van der Waals surface area (Å²) in [6.07, 6.45) is 1.60. The fourth-order valence-corrected chi connectivity index (χ4v) is 3.49. The molecule has 150 valence electrons. The number of rotatable bonds is 5. The third-order valence-electron chi connectivity index (χ3n) is 4.97. The van der Waals surface area contributed by atoms with Gasteiger partial charge in [-0.15, -0.1) is 0 Å². The Balaban J connectivity index is 1.53. The number of aromatic amines is 1. The van der Waals surface area contributed by atoms with E-state index in [1.165, 1.54) is 0 Å². The fraction of sp³-hybridized carbons (Fsp3) is 0.273. The summed E-state index contributed by atoms with van der Waals surface area (Å²) in [5, 5.41) is 3.79. The molecule has 1 aromatic heterocycles. The Labute approximate surface area is 168 Å². The van der Waals surface area contributed by atoms with Gasteiger partial charge in [-0.2, -0.15) is 0 Å². The molecule has 29 heavy (non-hydrogen) atoms. The van der Waals surface area contributed by atoms with Gasteiger partial charge in [-0.3, -0.25) is 4.79 Å². The van der Waals surface area contributed by atoms with E-state index in [1.807, 2.05) is 36.5 Å². The van der Waals surface area contributed by atoms with Crippen LogP contribution in [0.25, 0.3) is 10.9 Å². The lowest BCUT2D eigenvalue weighted by atomic mass is 10.0. The second-order valence-electron chi connectivity index (χ2n) is 6.90. The quantitative estimate of drug-likeness (QED) is 0.698. The Morgan fingerprint density at radius 3 is 2.59 bits per heavy atom. The summed E-state index contributed by atoms with van der Waals surface area (Å²) in [7, 11) is 0. The zero-order chi connectivity index (χ0) is 20.1. The minimum absolute atomic E-state index is 0.136. The van der Waals surface area contributed by atoms with Crippen LogP contribution < -0.4 is 10.1 Å². The number of nitrogens with one attached hydrogen (secondary N) is 2. The predicted octanol–water partition coefficient (Wildman–Crippen LogP) is 2.73. The van der Waals surface area contributed by atoms with Crippen LogP contribution in [0.5, 0.6) is 5.75 Å². The maximum Gasteiger partial charge on any atom is 0.413 e. The second kappa shape index (κ2) is 8.79. The normalized spacial score (nSPS) is 15.1. The Morgan fingerprint density at radius 1 is 1.07 bits per heavy atom. The largest absolute Gasteiger partial charge is 0.413 e. The number of carbonyl (C=O) groups is 2. The molecule has 2 amide bonds. The van der Waals surface area contributed by atoms with Gasteiger partial charge in [0.2, 0.25) is 5.91 Å². The number of benzene rings is 2. The van der Waals surface area contributed by atoms with Gasteiger partial charge >= 0.3 is 6.09 Å². The first-order valence-corrected chi connectivity index (χ1v) is 9.65. The molecule has 0 saturated carbocycles. The van der Waals surface area contributed by atoms with Gasteiger partial charge in [0.15, 0.2) is 0 Å². The van der Waals surface area contributed by atoms with Crippen molar-refractivity contribution in [2.24, 2.45) is 0 Å². The molecule has 2 aromatic carbocycles. The van der Waals surface area contributed by atoms with Crippen LogP contribution in [0, 0.1) is 0 Å². The lowest BCUT2D eigenvalue weighted by Gasteiger charge is -2.30. The van der Waals surface area contributed by atoms with Crippen LogP contribution >= 0.6 is 0 Å². The predicted molar refractivity (Wildman–Crippen MR) is 109 cm³/mol. The number of aromatic nitrogens is 1. The first-order chi connectivity index (χ1) is 14.2. The van der Waals surface area contributed by atoms with Crippen molar-refractivity contribution in [3.8, 4) is 5.75 Å². The highest BCUT2D eigenvalue weighted by Crippen LogP contribution is 2.20. The molecular formula is C22H23N3O4. The second-order valence-corrected chi connectivity index (χ2v) is 6.90. The van der Waals surface area contributed by atoms with Crippen molar-refractivity contribution in [3.63, 3.8) is 0 Å². The number of hydrogen-bond acceptors (Lipinski definition) is 4. The summed E-state index contributed by atoms with van der Waals surface area (Å²) in [6, 6.07) is 15.9. The van der Waals surface area contributed by atoms with Gasteiger partial charge in [-0.1, -0.05) is 36.4 Å². The average Bonchev–Trinajstić information content (AvgIpc) is 3.17. The number of para-hydroxylation sites is 2. The van der Waals surface area contributed by atoms with E-state index in [4.69, 9.17) is 9.47 Å². The zero-order valence-corrected chi connectivity index (χ0v) is 16.0. The number of fused-ring (bicyclic) bond motifs is 1. The third kappa shape index (κ3) is 4.57. The fourth-order valence-electron chi connectivity index (χ4n) is 3.49. The molecule has 1 aliphatic heterocycles. The van der Waals surface area contributed by atoms with Crippen molar-refractivity contribution in [2.75, 3.05) is 26.3 Å². The van der Waals surface area contributed by atoms with Gasteiger partial charge in [0.05, 0.1) is 13.2 Å². The van der Waals surface area contributed by atoms with E-state index in [0.717, 1.165) is 16.5 Å². The van der Waals surface area contributed by atoms with Crippen molar-refractivity contribution >= 4 is 22.9 Å². The molecule has 2 N–H and O–H groups in total. The molecule has 0 radical (unpaired) electrons. The molecule has 1 atom stereocenters. The van der Waals surface area contributed by atoms with Crippen molar-refractivity contribution in [2.45, 2.75) is 12.5 Å². The number of nitrogens with zero attached hydrogens (tertiary/aromatic N) is 1. The molecule has 0 bridgehead atoms. The van der Waals surface area contributed by atoms with Gasteiger partial charge in [0, 0.05) is 36.6 Å². The van der Waals surface area contributed by atoms with Crippen LogP contribution in [0.15, 0.2) is 60.8 Å². The number of carbonyl (C=O) groups excluding carboxylic acids is 2. The van der Waals surface area contributed by atoms with E-state index in [9.17, 15) is 9.59 Å². The highest BCUT2D eigenvalue weighted by atomic mass is 16.6. The molecule has 0 spiro atoms. The summed E-state index contributed by atoms with van der Waals surface area (Å²) in [4.78, 5) is 30.5. The van der Waals surface area contributed by atoms with Crippen LogP contribution in [0.1, 0.15) is 5.56 Å². The molecule has 4 rings (SSSR count). The zero-order valence-electron chi connectivity index (χ0n) is 16.0. The summed E-state index contributed by atoms with van der Waals surface area (Å²) in [5.41, 5.74) is 1.96. The summed E-state index contributed by atoms with van der Waals surface area (Å²) < 4.78 is 10.7. The highest BCUT2D eigenvalue weighted by Gasteiger charge is 2.28. The maximum absolute atomic E-state index is 13.1. The van der Waals surface area contributed by atoms with E-state index in [-0.39, 0.29) is 5.91 Å². The number of H-pyrrole nitrogens is 1. The molecule has 1 aliphatic rings. The van der Waals surface area contributed by atoms with Crippen LogP contribution in [-0.4, -0.2) is 54.2 Å². The minimum Gasteiger partial charge on any atom is -0.410 e. The molecule has 3 aromatic rings. The lowest BCUT2D eigenvalue weighted by Crippen LogP contribution is -2.53. The Hall–Kier alpha value is -3.32. The van der Waals surface area contributed by atoms with Crippen molar-refractivity contribution in [1.82, 2.24) is 15.2 Å². The number of amides is 2. The van der Waals surface area contributed by atoms with Crippen molar-refractivity contribution in [3.05, 3.63) is 66.4 Å². The van der Waals surface area contributed by atoms with Gasteiger partial charge in [0.25, 0.3) is 0 Å². The Kier molecular flexibility index (Phi) is 5.76. The van der Waals surface area contributed by atoms with E-state index in [1.54, 1.807) is 29.2 Å². The monoisotopic (exact) mass is 393 g/mol.